The zero-order valence-corrected chi connectivity index (χ0v) is 12.0. The van der Waals surface area contributed by atoms with Gasteiger partial charge in [-0.1, -0.05) is 19.1 Å². The molecule has 16 heavy (non-hydrogen) atoms. The molecule has 0 atom stereocenters. The Kier molecular flexibility index (Phi) is 5.91. The van der Waals surface area contributed by atoms with Gasteiger partial charge in [-0.15, -0.1) is 11.8 Å². The van der Waals surface area contributed by atoms with Crippen LogP contribution in [0.4, 0.5) is 4.79 Å². The number of benzene rings is 1. The number of nitrogens with zero attached hydrogens (tertiary/aromatic N) is 1. The van der Waals surface area contributed by atoms with Crippen molar-refractivity contribution >= 4 is 32.5 Å². The van der Waals surface area contributed by atoms with Crippen LogP contribution >= 0.6 is 27.7 Å². The third-order valence-electron chi connectivity index (χ3n) is 2.27. The van der Waals surface area contributed by atoms with Crippen LogP contribution in [0.15, 0.2) is 29.2 Å². The molecule has 0 fully saturated rings. The quantitative estimate of drug-likeness (QED) is 0.468. The maximum Gasteiger partial charge on any atom is 0.289 e. The van der Waals surface area contributed by atoms with Gasteiger partial charge in [0.15, 0.2) is 0 Å². The van der Waals surface area contributed by atoms with E-state index in [4.69, 9.17) is 0 Å². The highest BCUT2D eigenvalue weighted by molar-refractivity contribution is 9.18. The van der Waals surface area contributed by atoms with Crippen LogP contribution in [0, 0.1) is 0 Å². The number of halogens is 1. The van der Waals surface area contributed by atoms with Crippen LogP contribution in [0.25, 0.3) is 0 Å². The molecule has 0 N–H and O–H groups in total. The molecule has 1 aromatic rings. The molecule has 0 saturated heterocycles. The Balaban J connectivity index is 2.46. The van der Waals surface area contributed by atoms with Gasteiger partial charge in [0.2, 0.25) is 0 Å². The molecule has 2 nitrogen and oxygen atoms in total. The van der Waals surface area contributed by atoms with Crippen molar-refractivity contribution in [2.75, 3.05) is 19.3 Å². The molecule has 0 unspecified atom stereocenters. The highest BCUT2D eigenvalue weighted by Crippen LogP contribution is 2.17. The van der Waals surface area contributed by atoms with E-state index in [-0.39, 0.29) is 4.82 Å². The van der Waals surface area contributed by atoms with Gasteiger partial charge in [-0.2, -0.15) is 0 Å². The van der Waals surface area contributed by atoms with E-state index in [0.717, 1.165) is 18.7 Å². The summed E-state index contributed by atoms with van der Waals surface area (Å²) in [5.74, 6) is 1.10. The summed E-state index contributed by atoms with van der Waals surface area (Å²) in [6.45, 7) is 2.89. The first-order valence-electron chi connectivity index (χ1n) is 5.25. The molecule has 0 aliphatic carbocycles. The minimum atomic E-state index is -0.0642. The fraction of sp³-hybridized carbons (Fsp3) is 0.417. The van der Waals surface area contributed by atoms with E-state index in [1.54, 1.807) is 11.9 Å². The number of carbonyl (C=O) groups is 1. The van der Waals surface area contributed by atoms with Crippen molar-refractivity contribution < 1.29 is 4.79 Å². The van der Waals surface area contributed by atoms with E-state index in [1.165, 1.54) is 10.5 Å². The molecule has 1 amide bonds. The zero-order chi connectivity index (χ0) is 12.0. The van der Waals surface area contributed by atoms with Crippen molar-refractivity contribution in [3.63, 3.8) is 0 Å². The third kappa shape index (κ3) is 4.58. The molecular weight excluding hydrogens is 286 g/mol. The number of hydrogen-bond acceptors (Lipinski definition) is 2. The first-order valence-corrected chi connectivity index (χ1v) is 7.03. The van der Waals surface area contributed by atoms with E-state index >= 15 is 0 Å². The summed E-state index contributed by atoms with van der Waals surface area (Å²) in [5, 5.41) is 0. The predicted octanol–water partition coefficient (Wildman–Crippen LogP) is 3.79. The Morgan fingerprint density at radius 3 is 2.50 bits per heavy atom. The average Bonchev–Trinajstić information content (AvgIpc) is 2.28. The first-order chi connectivity index (χ1) is 7.63. The van der Waals surface area contributed by atoms with Crippen molar-refractivity contribution in [3.8, 4) is 0 Å². The molecule has 0 aromatic heterocycles. The standard InChI is InChI=1S/C12H16BrNOS/c1-3-16-11-6-4-10(5-7-11)8-9-14(2)12(13)15/h4-7H,3,8-9H2,1-2H3. The summed E-state index contributed by atoms with van der Waals surface area (Å²) in [6.07, 6.45) is 0.894. The number of amides is 1. The molecule has 0 heterocycles. The van der Waals surface area contributed by atoms with Gasteiger partial charge in [0.1, 0.15) is 0 Å². The summed E-state index contributed by atoms with van der Waals surface area (Å²) >= 11 is 4.77. The fourth-order valence-electron chi connectivity index (χ4n) is 1.30. The maximum atomic E-state index is 10.9. The fourth-order valence-corrected chi connectivity index (χ4v) is 2.14. The Hall–Kier alpha value is -0.480. The van der Waals surface area contributed by atoms with Crippen LogP contribution in [-0.2, 0) is 6.42 Å². The highest BCUT2D eigenvalue weighted by Gasteiger charge is 2.03. The topological polar surface area (TPSA) is 20.3 Å². The molecule has 1 rings (SSSR count). The van der Waals surface area contributed by atoms with Crippen molar-refractivity contribution in [1.82, 2.24) is 4.90 Å². The van der Waals surface area contributed by atoms with Crippen LogP contribution in [0.5, 0.6) is 0 Å². The molecule has 88 valence electrons. The Bertz CT molecular complexity index is 339. The van der Waals surface area contributed by atoms with Crippen LogP contribution in [0.3, 0.4) is 0 Å². The molecule has 4 heteroatoms. The van der Waals surface area contributed by atoms with E-state index in [1.807, 2.05) is 11.8 Å². The van der Waals surface area contributed by atoms with Gasteiger partial charge in [-0.3, -0.25) is 4.79 Å². The molecule has 1 aromatic carbocycles. The first kappa shape index (κ1) is 13.6. The number of rotatable bonds is 5. The maximum absolute atomic E-state index is 10.9. The van der Waals surface area contributed by atoms with Gasteiger partial charge in [0, 0.05) is 34.4 Å². The summed E-state index contributed by atoms with van der Waals surface area (Å²) in [7, 11) is 1.79. The minimum Gasteiger partial charge on any atom is -0.336 e. The lowest BCUT2D eigenvalue weighted by molar-refractivity contribution is 0.235. The number of carbonyl (C=O) groups excluding carboxylic acids is 1. The normalized spacial score (nSPS) is 10.2. The highest BCUT2D eigenvalue weighted by atomic mass is 79.9. The Morgan fingerprint density at radius 2 is 2.00 bits per heavy atom. The molecule has 0 aliphatic heterocycles. The van der Waals surface area contributed by atoms with Gasteiger partial charge in [0.25, 0.3) is 4.82 Å². The van der Waals surface area contributed by atoms with Crippen LogP contribution < -0.4 is 0 Å². The molecular formula is C12H16BrNOS. The SMILES string of the molecule is CCSc1ccc(CCN(C)C(=O)Br)cc1. The van der Waals surface area contributed by atoms with Crippen molar-refractivity contribution in [3.05, 3.63) is 29.8 Å². The Morgan fingerprint density at radius 1 is 1.38 bits per heavy atom. The van der Waals surface area contributed by atoms with Gasteiger partial charge in [-0.05, 0) is 29.9 Å². The summed E-state index contributed by atoms with van der Waals surface area (Å²) in [5.41, 5.74) is 1.26. The van der Waals surface area contributed by atoms with Gasteiger partial charge in [0.05, 0.1) is 0 Å². The van der Waals surface area contributed by atoms with E-state index in [0.29, 0.717) is 0 Å². The second-order valence-electron chi connectivity index (χ2n) is 3.50. The smallest absolute Gasteiger partial charge is 0.289 e. The van der Waals surface area contributed by atoms with E-state index in [2.05, 4.69) is 47.1 Å². The van der Waals surface area contributed by atoms with Crippen LogP contribution in [-0.4, -0.2) is 29.1 Å². The monoisotopic (exact) mass is 301 g/mol. The largest absolute Gasteiger partial charge is 0.336 e. The number of hydrogen-bond donors (Lipinski definition) is 0. The summed E-state index contributed by atoms with van der Waals surface area (Å²) in [4.78, 5) is 13.8. The second kappa shape index (κ2) is 6.97. The summed E-state index contributed by atoms with van der Waals surface area (Å²) in [6, 6.07) is 8.54. The zero-order valence-electron chi connectivity index (χ0n) is 9.57. The van der Waals surface area contributed by atoms with E-state index in [9.17, 15) is 4.79 Å². The van der Waals surface area contributed by atoms with Crippen LogP contribution in [0.1, 0.15) is 12.5 Å². The third-order valence-corrected chi connectivity index (χ3v) is 3.77. The molecule has 0 radical (unpaired) electrons. The molecule has 0 spiro atoms. The number of likely N-dealkylation sites (N-methyl/N-ethyl adjacent to an activating group) is 1. The predicted molar refractivity (Wildman–Crippen MR) is 73.5 cm³/mol. The van der Waals surface area contributed by atoms with Crippen molar-refractivity contribution in [2.24, 2.45) is 0 Å². The van der Waals surface area contributed by atoms with Crippen LogP contribution in [0.2, 0.25) is 0 Å². The molecule has 0 aliphatic rings. The van der Waals surface area contributed by atoms with Crippen molar-refractivity contribution in [2.45, 2.75) is 18.2 Å². The van der Waals surface area contributed by atoms with Gasteiger partial charge in [-0.25, -0.2) is 0 Å². The number of thioether (sulfide) groups is 1. The lowest BCUT2D eigenvalue weighted by Crippen LogP contribution is -2.23. The van der Waals surface area contributed by atoms with Crippen molar-refractivity contribution in [1.29, 1.82) is 0 Å². The lowest BCUT2D eigenvalue weighted by Gasteiger charge is -2.13. The van der Waals surface area contributed by atoms with Gasteiger partial charge < -0.3 is 4.90 Å². The Labute approximate surface area is 110 Å². The second-order valence-corrected chi connectivity index (χ2v) is 5.52. The molecule has 0 saturated carbocycles. The minimum absolute atomic E-state index is 0.0642. The van der Waals surface area contributed by atoms with E-state index < -0.39 is 0 Å². The van der Waals surface area contributed by atoms with Gasteiger partial charge >= 0.3 is 0 Å². The summed E-state index contributed by atoms with van der Waals surface area (Å²) < 4.78 is 0. The molecule has 0 bridgehead atoms. The average molecular weight is 302 g/mol. The lowest BCUT2D eigenvalue weighted by atomic mass is 10.1.